The SMILES string of the molecule is CC(C)CN1CCn2nc(CNC(=O)c3ccc(Cn4cnnn4)cc3)cc2C1. The Morgan fingerprint density at radius 1 is 1.21 bits per heavy atom. The fourth-order valence-electron chi connectivity index (χ4n) is 3.61. The van der Waals surface area contributed by atoms with Gasteiger partial charge >= 0.3 is 0 Å². The van der Waals surface area contributed by atoms with Gasteiger partial charge in [0.2, 0.25) is 0 Å². The average Bonchev–Trinajstić information content (AvgIpc) is 3.35. The van der Waals surface area contributed by atoms with Crippen LogP contribution in [0.3, 0.4) is 0 Å². The maximum absolute atomic E-state index is 12.5. The maximum Gasteiger partial charge on any atom is 0.251 e. The van der Waals surface area contributed by atoms with Crippen molar-refractivity contribution in [2.45, 2.75) is 40.0 Å². The molecule has 1 aromatic carbocycles. The molecular weight excluding hydrogens is 368 g/mol. The third-order valence-electron chi connectivity index (χ3n) is 4.93. The Morgan fingerprint density at radius 2 is 2.03 bits per heavy atom. The van der Waals surface area contributed by atoms with Crippen molar-refractivity contribution in [2.24, 2.45) is 5.92 Å². The van der Waals surface area contributed by atoms with Gasteiger partial charge in [-0.1, -0.05) is 26.0 Å². The number of nitrogens with one attached hydrogen (secondary N) is 1. The van der Waals surface area contributed by atoms with Crippen LogP contribution >= 0.6 is 0 Å². The lowest BCUT2D eigenvalue weighted by atomic mass is 10.1. The number of carbonyl (C=O) groups is 1. The van der Waals surface area contributed by atoms with Gasteiger partial charge in [0.05, 0.1) is 31.0 Å². The normalized spacial score (nSPS) is 14.2. The summed E-state index contributed by atoms with van der Waals surface area (Å²) in [6, 6.07) is 9.56. The number of hydrogen-bond acceptors (Lipinski definition) is 6. The Hall–Kier alpha value is -3.07. The number of hydrogen-bond donors (Lipinski definition) is 1. The Labute approximate surface area is 169 Å². The molecule has 3 aromatic rings. The molecule has 1 aliphatic rings. The van der Waals surface area contributed by atoms with Crippen LogP contribution in [0.15, 0.2) is 36.7 Å². The topological polar surface area (TPSA) is 93.8 Å². The van der Waals surface area contributed by atoms with Crippen LogP contribution in [0.2, 0.25) is 0 Å². The third-order valence-corrected chi connectivity index (χ3v) is 4.93. The van der Waals surface area contributed by atoms with Crippen molar-refractivity contribution in [1.82, 2.24) is 40.2 Å². The zero-order valence-corrected chi connectivity index (χ0v) is 16.8. The van der Waals surface area contributed by atoms with Crippen molar-refractivity contribution in [3.05, 3.63) is 59.2 Å². The molecule has 0 bridgehead atoms. The quantitative estimate of drug-likeness (QED) is 0.650. The minimum absolute atomic E-state index is 0.105. The van der Waals surface area contributed by atoms with Crippen LogP contribution in [0.25, 0.3) is 0 Å². The standard InChI is InChI=1S/C20H26N8O/c1-15(2)11-26-7-8-28-19(13-26)9-18(23-28)10-21-20(29)17-5-3-16(4-6-17)12-27-14-22-24-25-27/h3-6,9,14-15H,7-8,10-13H2,1-2H3,(H,21,29). The molecular formula is C20H26N8O. The number of rotatable bonds is 7. The number of nitrogens with zero attached hydrogens (tertiary/aromatic N) is 7. The lowest BCUT2D eigenvalue weighted by Gasteiger charge is -2.28. The van der Waals surface area contributed by atoms with Crippen LogP contribution in [-0.2, 0) is 26.2 Å². The van der Waals surface area contributed by atoms with Crippen molar-refractivity contribution in [2.75, 3.05) is 13.1 Å². The lowest BCUT2D eigenvalue weighted by Crippen LogP contribution is -2.36. The highest BCUT2D eigenvalue weighted by atomic mass is 16.1. The molecule has 0 atom stereocenters. The molecule has 0 fully saturated rings. The summed E-state index contributed by atoms with van der Waals surface area (Å²) in [5.41, 5.74) is 3.77. The number of tetrazole rings is 1. The van der Waals surface area contributed by atoms with E-state index in [-0.39, 0.29) is 5.91 Å². The summed E-state index contributed by atoms with van der Waals surface area (Å²) in [7, 11) is 0. The van der Waals surface area contributed by atoms with E-state index >= 15 is 0 Å². The largest absolute Gasteiger partial charge is 0.346 e. The van der Waals surface area contributed by atoms with E-state index in [0.29, 0.717) is 24.6 Å². The van der Waals surface area contributed by atoms with E-state index < -0.39 is 0 Å². The van der Waals surface area contributed by atoms with Crippen LogP contribution < -0.4 is 5.32 Å². The van der Waals surface area contributed by atoms with Crippen LogP contribution in [0.5, 0.6) is 0 Å². The second-order valence-corrected chi connectivity index (χ2v) is 7.87. The number of amides is 1. The van der Waals surface area contributed by atoms with E-state index in [1.807, 2.05) is 24.3 Å². The van der Waals surface area contributed by atoms with E-state index in [1.165, 1.54) is 5.69 Å². The molecule has 1 N–H and O–H groups in total. The summed E-state index contributed by atoms with van der Waals surface area (Å²) in [6.07, 6.45) is 1.56. The van der Waals surface area contributed by atoms with Crippen molar-refractivity contribution < 1.29 is 4.79 Å². The molecule has 0 saturated heterocycles. The number of aromatic nitrogens is 6. The molecule has 0 spiro atoms. The molecule has 9 nitrogen and oxygen atoms in total. The van der Waals surface area contributed by atoms with Gasteiger partial charge in [0.1, 0.15) is 6.33 Å². The van der Waals surface area contributed by atoms with Gasteiger partial charge in [0, 0.05) is 25.2 Å². The van der Waals surface area contributed by atoms with Gasteiger partial charge in [-0.3, -0.25) is 14.4 Å². The maximum atomic E-state index is 12.5. The molecule has 0 radical (unpaired) electrons. The molecule has 152 valence electrons. The smallest absolute Gasteiger partial charge is 0.251 e. The summed E-state index contributed by atoms with van der Waals surface area (Å²) >= 11 is 0. The van der Waals surface area contributed by atoms with Gasteiger partial charge in [-0.15, -0.1) is 5.10 Å². The van der Waals surface area contributed by atoms with E-state index in [0.717, 1.165) is 37.4 Å². The first kappa shape index (κ1) is 19.3. The van der Waals surface area contributed by atoms with Crippen molar-refractivity contribution in [3.8, 4) is 0 Å². The van der Waals surface area contributed by atoms with E-state index in [2.05, 4.69) is 55.4 Å². The zero-order chi connectivity index (χ0) is 20.2. The van der Waals surface area contributed by atoms with Gasteiger partial charge in [-0.2, -0.15) is 5.10 Å². The first-order valence-electron chi connectivity index (χ1n) is 9.92. The molecule has 3 heterocycles. The predicted octanol–water partition coefficient (Wildman–Crippen LogP) is 1.32. The Kier molecular flexibility index (Phi) is 5.66. The fraction of sp³-hybridized carbons (Fsp3) is 0.450. The van der Waals surface area contributed by atoms with Crippen molar-refractivity contribution in [3.63, 3.8) is 0 Å². The molecule has 4 rings (SSSR count). The van der Waals surface area contributed by atoms with Crippen LogP contribution in [0.4, 0.5) is 0 Å². The fourth-order valence-corrected chi connectivity index (χ4v) is 3.61. The number of fused-ring (bicyclic) bond motifs is 1. The second-order valence-electron chi connectivity index (χ2n) is 7.87. The van der Waals surface area contributed by atoms with Crippen molar-refractivity contribution >= 4 is 5.91 Å². The van der Waals surface area contributed by atoms with E-state index in [4.69, 9.17) is 0 Å². The molecule has 9 heteroatoms. The summed E-state index contributed by atoms with van der Waals surface area (Å²) < 4.78 is 3.70. The Bertz CT molecular complexity index is 946. The Morgan fingerprint density at radius 3 is 2.76 bits per heavy atom. The molecule has 0 saturated carbocycles. The molecule has 2 aromatic heterocycles. The van der Waals surface area contributed by atoms with Crippen molar-refractivity contribution in [1.29, 1.82) is 0 Å². The first-order valence-corrected chi connectivity index (χ1v) is 9.92. The Balaban J connectivity index is 1.31. The third kappa shape index (κ3) is 4.86. The van der Waals surface area contributed by atoms with E-state index in [1.54, 1.807) is 11.0 Å². The summed E-state index contributed by atoms with van der Waals surface area (Å²) in [6.45, 7) is 9.42. The van der Waals surface area contributed by atoms with Gasteiger partial charge < -0.3 is 5.32 Å². The molecule has 0 aliphatic carbocycles. The van der Waals surface area contributed by atoms with Gasteiger partial charge in [0.15, 0.2) is 0 Å². The molecule has 0 unspecified atom stereocenters. The number of benzene rings is 1. The van der Waals surface area contributed by atoms with Crippen LogP contribution in [0, 0.1) is 5.92 Å². The molecule has 1 aliphatic heterocycles. The second kappa shape index (κ2) is 8.52. The monoisotopic (exact) mass is 394 g/mol. The zero-order valence-electron chi connectivity index (χ0n) is 16.8. The molecule has 29 heavy (non-hydrogen) atoms. The van der Waals surface area contributed by atoms with Gasteiger partial charge in [0.25, 0.3) is 5.91 Å². The lowest BCUT2D eigenvalue weighted by molar-refractivity contribution is 0.0950. The number of carbonyl (C=O) groups excluding carboxylic acids is 1. The highest BCUT2D eigenvalue weighted by Gasteiger charge is 2.19. The van der Waals surface area contributed by atoms with Crippen LogP contribution in [0.1, 0.15) is 41.2 Å². The van der Waals surface area contributed by atoms with Gasteiger partial charge in [-0.05, 0) is 40.1 Å². The highest BCUT2D eigenvalue weighted by molar-refractivity contribution is 5.94. The average molecular weight is 394 g/mol. The minimum atomic E-state index is -0.105. The van der Waals surface area contributed by atoms with Gasteiger partial charge in [-0.25, -0.2) is 4.68 Å². The molecule has 1 amide bonds. The summed E-state index contributed by atoms with van der Waals surface area (Å²) in [4.78, 5) is 14.9. The first-order chi connectivity index (χ1) is 14.1. The van der Waals surface area contributed by atoms with Crippen LogP contribution in [-0.4, -0.2) is 53.9 Å². The predicted molar refractivity (Wildman–Crippen MR) is 107 cm³/mol. The van der Waals surface area contributed by atoms with E-state index in [9.17, 15) is 4.79 Å². The summed E-state index contributed by atoms with van der Waals surface area (Å²) in [5.74, 6) is 0.550. The summed E-state index contributed by atoms with van der Waals surface area (Å²) in [5, 5.41) is 18.7. The minimum Gasteiger partial charge on any atom is -0.346 e. The highest BCUT2D eigenvalue weighted by Crippen LogP contribution is 2.15.